The van der Waals surface area contributed by atoms with Gasteiger partial charge in [0.2, 0.25) is 0 Å². The van der Waals surface area contributed by atoms with Gasteiger partial charge < -0.3 is 25.6 Å². The number of rotatable bonds is 10. The van der Waals surface area contributed by atoms with E-state index in [2.05, 4.69) is 20.8 Å². The van der Waals surface area contributed by atoms with Crippen LogP contribution in [-0.4, -0.2) is 49.8 Å². The van der Waals surface area contributed by atoms with E-state index in [0.29, 0.717) is 23.8 Å². The molecular weight excluding hydrogens is 456 g/mol. The smallest absolute Gasteiger partial charge is 0.162 e. The summed E-state index contributed by atoms with van der Waals surface area (Å²) in [4.78, 5) is 9.68. The molecule has 5 aromatic rings. The number of H-pyrrole nitrogens is 1. The summed E-state index contributed by atoms with van der Waals surface area (Å²) in [5, 5.41) is 34.7. The van der Waals surface area contributed by atoms with Crippen molar-refractivity contribution >= 4 is 39.0 Å². The van der Waals surface area contributed by atoms with Gasteiger partial charge >= 0.3 is 0 Å². The molecule has 5 N–H and O–H groups in total. The van der Waals surface area contributed by atoms with Crippen molar-refractivity contribution in [3.05, 3.63) is 66.9 Å². The van der Waals surface area contributed by atoms with E-state index in [0.717, 1.165) is 45.2 Å². The third-order valence-electron chi connectivity index (χ3n) is 5.75. The Bertz CT molecular complexity index is 1490. The molecule has 0 fully saturated rings. The molecule has 36 heavy (non-hydrogen) atoms. The highest BCUT2D eigenvalue weighted by Crippen LogP contribution is 2.31. The summed E-state index contributed by atoms with van der Waals surface area (Å²) in [6.45, 7) is 2.16. The molecule has 0 spiro atoms. The minimum Gasteiger partial charge on any atom is -0.491 e. The Balaban J connectivity index is 1.56. The van der Waals surface area contributed by atoms with E-state index in [1.54, 1.807) is 6.20 Å². The Hall–Kier alpha value is -4.21. The Morgan fingerprint density at radius 1 is 1.03 bits per heavy atom. The maximum atomic E-state index is 10.2. The maximum Gasteiger partial charge on any atom is 0.162 e. The summed E-state index contributed by atoms with van der Waals surface area (Å²) in [5.41, 5.74) is 4.16. The number of ether oxygens (including phenoxy) is 1. The average molecular weight is 485 g/mol. The van der Waals surface area contributed by atoms with Gasteiger partial charge in [0.1, 0.15) is 24.4 Å². The lowest BCUT2D eigenvalue weighted by molar-refractivity contribution is 0.192. The van der Waals surface area contributed by atoms with E-state index in [-0.39, 0.29) is 13.2 Å². The number of fused-ring (bicyclic) bond motifs is 2. The first kappa shape index (κ1) is 23.5. The van der Waals surface area contributed by atoms with Crippen LogP contribution >= 0.6 is 0 Å². The lowest BCUT2D eigenvalue weighted by Crippen LogP contribution is -2.17. The molecule has 1 unspecified atom stereocenters. The van der Waals surface area contributed by atoms with Crippen LogP contribution in [0.4, 0.5) is 17.2 Å². The van der Waals surface area contributed by atoms with Gasteiger partial charge in [0.15, 0.2) is 5.82 Å². The number of nitrogens with zero attached hydrogens (tertiary/aromatic N) is 3. The summed E-state index contributed by atoms with van der Waals surface area (Å²) < 4.78 is 5.63. The molecule has 0 saturated heterocycles. The molecule has 1 atom stereocenters. The van der Waals surface area contributed by atoms with Gasteiger partial charge in [-0.1, -0.05) is 25.5 Å². The van der Waals surface area contributed by atoms with Crippen molar-refractivity contribution in [3.63, 3.8) is 0 Å². The van der Waals surface area contributed by atoms with Crippen LogP contribution in [-0.2, 0) is 0 Å². The van der Waals surface area contributed by atoms with E-state index in [9.17, 15) is 5.11 Å². The number of nitrogens with one attached hydrogen (secondary N) is 3. The number of hydrogen-bond donors (Lipinski definition) is 5. The minimum atomic E-state index is -0.616. The first-order chi connectivity index (χ1) is 17.6. The SMILES string of the molecule is CCCC(O)Nc1cccc(-c2nc(Nc3ccc4[nH]ncc4c3)c3cc(OCCO)ccc3n2)c1. The topological polar surface area (TPSA) is 128 Å². The molecule has 3 aromatic carbocycles. The second-order valence-corrected chi connectivity index (χ2v) is 8.47. The van der Waals surface area contributed by atoms with Gasteiger partial charge in [-0.3, -0.25) is 5.10 Å². The zero-order valence-electron chi connectivity index (χ0n) is 19.9. The van der Waals surface area contributed by atoms with Crippen LogP contribution in [0.2, 0.25) is 0 Å². The fourth-order valence-corrected chi connectivity index (χ4v) is 4.03. The minimum absolute atomic E-state index is 0.0688. The molecule has 0 amide bonds. The number of benzene rings is 3. The van der Waals surface area contributed by atoms with E-state index >= 15 is 0 Å². The van der Waals surface area contributed by atoms with Crippen molar-refractivity contribution in [2.75, 3.05) is 23.8 Å². The Morgan fingerprint density at radius 3 is 2.81 bits per heavy atom. The second kappa shape index (κ2) is 10.6. The summed E-state index contributed by atoms with van der Waals surface area (Å²) in [7, 11) is 0. The van der Waals surface area contributed by atoms with E-state index in [1.807, 2.05) is 67.6 Å². The quantitative estimate of drug-likeness (QED) is 0.179. The molecule has 0 saturated carbocycles. The maximum absolute atomic E-state index is 10.2. The van der Waals surface area contributed by atoms with Gasteiger partial charge in [-0.05, 0) is 55.0 Å². The normalized spacial score (nSPS) is 12.1. The van der Waals surface area contributed by atoms with Gasteiger partial charge in [0.05, 0.1) is 23.8 Å². The summed E-state index contributed by atoms with van der Waals surface area (Å²) in [6, 6.07) is 19.2. The van der Waals surface area contributed by atoms with Gasteiger partial charge in [0, 0.05) is 27.7 Å². The first-order valence-electron chi connectivity index (χ1n) is 11.9. The van der Waals surface area contributed by atoms with Gasteiger partial charge in [-0.15, -0.1) is 0 Å². The summed E-state index contributed by atoms with van der Waals surface area (Å²) >= 11 is 0. The standard InChI is InChI=1S/C27H28N6O3/c1-2-4-25(35)29-19-6-3-5-17(13-19)26-31-24-10-8-21(36-12-11-34)15-22(24)27(32-26)30-20-7-9-23-18(14-20)16-28-33-23/h3,5-10,13-16,25,29,34-35H,2,4,11-12H2,1H3,(H,28,33)(H,30,31,32). The van der Waals surface area contributed by atoms with Crippen LogP contribution in [0.1, 0.15) is 19.8 Å². The highest BCUT2D eigenvalue weighted by Gasteiger charge is 2.13. The third kappa shape index (κ3) is 5.22. The van der Waals surface area contributed by atoms with Gasteiger partial charge in [-0.25, -0.2) is 9.97 Å². The zero-order chi connectivity index (χ0) is 24.9. The second-order valence-electron chi connectivity index (χ2n) is 8.47. The lowest BCUT2D eigenvalue weighted by Gasteiger charge is -2.15. The molecule has 9 nitrogen and oxygen atoms in total. The molecule has 0 aliphatic rings. The molecule has 0 bridgehead atoms. The van der Waals surface area contributed by atoms with Crippen molar-refractivity contribution in [2.45, 2.75) is 26.0 Å². The van der Waals surface area contributed by atoms with Crippen LogP contribution in [0.25, 0.3) is 33.2 Å². The van der Waals surface area contributed by atoms with Gasteiger partial charge in [-0.2, -0.15) is 5.10 Å². The summed E-state index contributed by atoms with van der Waals surface area (Å²) in [5.74, 6) is 1.79. The molecular formula is C27H28N6O3. The Labute approximate surface area is 208 Å². The predicted molar refractivity (Wildman–Crippen MR) is 141 cm³/mol. The summed E-state index contributed by atoms with van der Waals surface area (Å²) in [6.07, 6.45) is 2.70. The van der Waals surface area contributed by atoms with Crippen LogP contribution in [0.15, 0.2) is 66.9 Å². The average Bonchev–Trinajstić information content (AvgIpc) is 3.36. The van der Waals surface area contributed by atoms with Crippen LogP contribution in [0.3, 0.4) is 0 Å². The zero-order valence-corrected chi connectivity index (χ0v) is 19.9. The molecule has 0 aliphatic heterocycles. The molecule has 2 aromatic heterocycles. The molecule has 0 radical (unpaired) electrons. The number of aliphatic hydroxyl groups excluding tert-OH is 2. The molecule has 0 aliphatic carbocycles. The van der Waals surface area contributed by atoms with E-state index < -0.39 is 6.23 Å². The third-order valence-corrected chi connectivity index (χ3v) is 5.75. The van der Waals surface area contributed by atoms with Gasteiger partial charge in [0.25, 0.3) is 0 Å². The Kier molecular flexibility index (Phi) is 6.92. The fraction of sp³-hybridized carbons (Fsp3) is 0.222. The van der Waals surface area contributed by atoms with Crippen molar-refractivity contribution in [1.82, 2.24) is 20.2 Å². The van der Waals surface area contributed by atoms with Crippen molar-refractivity contribution in [3.8, 4) is 17.1 Å². The van der Waals surface area contributed by atoms with E-state index in [4.69, 9.17) is 19.8 Å². The molecule has 184 valence electrons. The predicted octanol–water partition coefficient (Wildman–Crippen LogP) is 4.82. The van der Waals surface area contributed by atoms with Crippen LogP contribution in [0.5, 0.6) is 5.75 Å². The highest BCUT2D eigenvalue weighted by molar-refractivity contribution is 5.94. The van der Waals surface area contributed by atoms with Crippen molar-refractivity contribution < 1.29 is 14.9 Å². The van der Waals surface area contributed by atoms with Crippen LogP contribution in [0, 0.1) is 0 Å². The lowest BCUT2D eigenvalue weighted by atomic mass is 10.1. The largest absolute Gasteiger partial charge is 0.491 e. The Morgan fingerprint density at radius 2 is 1.94 bits per heavy atom. The number of hydrogen-bond acceptors (Lipinski definition) is 8. The molecule has 9 heteroatoms. The van der Waals surface area contributed by atoms with Crippen molar-refractivity contribution in [2.24, 2.45) is 0 Å². The van der Waals surface area contributed by atoms with Crippen LogP contribution < -0.4 is 15.4 Å². The number of anilines is 3. The monoisotopic (exact) mass is 484 g/mol. The fourth-order valence-electron chi connectivity index (χ4n) is 4.03. The van der Waals surface area contributed by atoms with E-state index in [1.165, 1.54) is 0 Å². The first-order valence-corrected chi connectivity index (χ1v) is 11.9. The molecule has 2 heterocycles. The molecule has 5 rings (SSSR count). The number of aromatic amines is 1. The van der Waals surface area contributed by atoms with Crippen molar-refractivity contribution in [1.29, 1.82) is 0 Å². The number of aliphatic hydroxyl groups is 2. The highest BCUT2D eigenvalue weighted by atomic mass is 16.5. The number of aromatic nitrogens is 4.